The smallest absolute Gasteiger partial charge is 0.138 e. The van der Waals surface area contributed by atoms with Crippen LogP contribution in [0.5, 0.6) is 0 Å². The normalized spacial score (nSPS) is 20.4. The van der Waals surface area contributed by atoms with E-state index in [2.05, 4.69) is 27.7 Å². The van der Waals surface area contributed by atoms with E-state index in [0.29, 0.717) is 18.6 Å². The molecule has 19 heavy (non-hydrogen) atoms. The van der Waals surface area contributed by atoms with E-state index in [1.165, 1.54) is 22.3 Å². The van der Waals surface area contributed by atoms with Crippen LogP contribution in [0.15, 0.2) is 45.1 Å². The van der Waals surface area contributed by atoms with Crippen molar-refractivity contribution in [1.82, 2.24) is 0 Å². The lowest BCUT2D eigenvalue weighted by atomic mass is 9.90. The molecular weight excluding hydrogens is 236 g/mol. The van der Waals surface area contributed by atoms with E-state index in [1.807, 2.05) is 12.1 Å². The first-order valence-corrected chi connectivity index (χ1v) is 6.87. The van der Waals surface area contributed by atoms with Crippen LogP contribution in [0, 0.1) is 0 Å². The van der Waals surface area contributed by atoms with Gasteiger partial charge in [0.1, 0.15) is 11.5 Å². The van der Waals surface area contributed by atoms with Gasteiger partial charge >= 0.3 is 0 Å². The SMILES string of the molecule is CC(C)=C1CC(=O)C[C@H](c2ccco2)CC1=C(C)C. The number of Topliss-reactive ketones (excluding diaryl/α,β-unsaturated/α-hetero) is 1. The lowest BCUT2D eigenvalue weighted by Crippen LogP contribution is -2.02. The van der Waals surface area contributed by atoms with E-state index in [4.69, 9.17) is 4.42 Å². The van der Waals surface area contributed by atoms with Gasteiger partial charge in [0.05, 0.1) is 6.26 Å². The van der Waals surface area contributed by atoms with Crippen molar-refractivity contribution in [3.63, 3.8) is 0 Å². The van der Waals surface area contributed by atoms with Crippen LogP contribution in [-0.4, -0.2) is 5.78 Å². The Morgan fingerprint density at radius 2 is 1.79 bits per heavy atom. The zero-order valence-electron chi connectivity index (χ0n) is 12.2. The third-order valence-corrected chi connectivity index (χ3v) is 3.82. The van der Waals surface area contributed by atoms with Gasteiger partial charge in [-0.2, -0.15) is 0 Å². The Labute approximate surface area is 115 Å². The van der Waals surface area contributed by atoms with Crippen molar-refractivity contribution in [3.05, 3.63) is 46.4 Å². The van der Waals surface area contributed by atoms with Gasteiger partial charge in [-0.1, -0.05) is 11.1 Å². The maximum absolute atomic E-state index is 12.2. The molecule has 2 heteroatoms. The Bertz CT molecular complexity index is 522. The van der Waals surface area contributed by atoms with Crippen molar-refractivity contribution in [2.45, 2.75) is 52.9 Å². The largest absolute Gasteiger partial charge is 0.469 e. The molecule has 0 N–H and O–H groups in total. The predicted molar refractivity (Wildman–Crippen MR) is 77.1 cm³/mol. The summed E-state index contributed by atoms with van der Waals surface area (Å²) in [7, 11) is 0. The highest BCUT2D eigenvalue weighted by Gasteiger charge is 2.27. The molecular formula is C17H22O2. The van der Waals surface area contributed by atoms with Crippen LogP contribution in [0.4, 0.5) is 0 Å². The quantitative estimate of drug-likeness (QED) is 0.678. The van der Waals surface area contributed by atoms with Gasteiger partial charge in [-0.15, -0.1) is 0 Å². The first-order chi connectivity index (χ1) is 8.99. The topological polar surface area (TPSA) is 30.2 Å². The summed E-state index contributed by atoms with van der Waals surface area (Å²) in [6, 6.07) is 3.88. The van der Waals surface area contributed by atoms with Gasteiger partial charge in [0.15, 0.2) is 0 Å². The van der Waals surface area contributed by atoms with Crippen molar-refractivity contribution in [3.8, 4) is 0 Å². The van der Waals surface area contributed by atoms with Gasteiger partial charge < -0.3 is 4.42 Å². The number of hydrogen-bond acceptors (Lipinski definition) is 2. The van der Waals surface area contributed by atoms with E-state index in [1.54, 1.807) is 6.26 Å². The first kappa shape index (κ1) is 13.9. The number of ketones is 1. The summed E-state index contributed by atoms with van der Waals surface area (Å²) in [5.74, 6) is 1.43. The van der Waals surface area contributed by atoms with Gasteiger partial charge in [-0.3, -0.25) is 4.79 Å². The maximum atomic E-state index is 12.2. The lowest BCUT2D eigenvalue weighted by molar-refractivity contribution is -0.118. The average molecular weight is 258 g/mol. The standard InChI is InChI=1S/C17H22O2/c1-11(2)15-9-13(17-6-5-7-19-17)8-14(18)10-16(15)12(3)4/h5-7,13H,8-10H2,1-4H3/t13-/m0/s1. The number of allylic oxidation sites excluding steroid dienone is 4. The molecule has 0 bridgehead atoms. The molecule has 102 valence electrons. The fourth-order valence-electron chi connectivity index (χ4n) is 2.80. The van der Waals surface area contributed by atoms with Crippen molar-refractivity contribution in [2.75, 3.05) is 0 Å². The van der Waals surface area contributed by atoms with E-state index in [-0.39, 0.29) is 5.92 Å². The minimum absolute atomic E-state index is 0.184. The van der Waals surface area contributed by atoms with Crippen LogP contribution < -0.4 is 0 Å². The highest BCUT2D eigenvalue weighted by atomic mass is 16.3. The second-order valence-corrected chi connectivity index (χ2v) is 5.79. The van der Waals surface area contributed by atoms with E-state index in [9.17, 15) is 4.79 Å². The highest BCUT2D eigenvalue weighted by Crippen LogP contribution is 2.38. The maximum Gasteiger partial charge on any atom is 0.138 e. The van der Waals surface area contributed by atoms with E-state index < -0.39 is 0 Å². The van der Waals surface area contributed by atoms with Crippen molar-refractivity contribution < 1.29 is 9.21 Å². The lowest BCUT2D eigenvalue weighted by Gasteiger charge is -2.15. The third-order valence-electron chi connectivity index (χ3n) is 3.82. The van der Waals surface area contributed by atoms with Crippen LogP contribution in [0.1, 0.15) is 58.6 Å². The highest BCUT2D eigenvalue weighted by molar-refractivity contribution is 5.84. The average Bonchev–Trinajstić information content (AvgIpc) is 2.79. The second-order valence-electron chi connectivity index (χ2n) is 5.79. The van der Waals surface area contributed by atoms with Crippen LogP contribution in [0.3, 0.4) is 0 Å². The molecule has 0 aromatic carbocycles. The molecule has 1 heterocycles. The molecule has 1 fully saturated rings. The Morgan fingerprint density at radius 1 is 1.11 bits per heavy atom. The zero-order valence-corrected chi connectivity index (χ0v) is 12.2. The monoisotopic (exact) mass is 258 g/mol. The molecule has 1 saturated carbocycles. The van der Waals surface area contributed by atoms with Crippen LogP contribution in [-0.2, 0) is 4.79 Å². The summed E-state index contributed by atoms with van der Waals surface area (Å²) >= 11 is 0. The van der Waals surface area contributed by atoms with E-state index in [0.717, 1.165) is 12.2 Å². The number of rotatable bonds is 1. The molecule has 0 saturated heterocycles. The fourth-order valence-corrected chi connectivity index (χ4v) is 2.80. The molecule has 1 aromatic rings. The van der Waals surface area contributed by atoms with Crippen molar-refractivity contribution >= 4 is 5.78 Å². The molecule has 1 aliphatic rings. The van der Waals surface area contributed by atoms with E-state index >= 15 is 0 Å². The Hall–Kier alpha value is -1.57. The zero-order chi connectivity index (χ0) is 14.0. The molecule has 0 amide bonds. The number of carbonyl (C=O) groups is 1. The second kappa shape index (κ2) is 5.60. The van der Waals surface area contributed by atoms with Crippen LogP contribution >= 0.6 is 0 Å². The summed E-state index contributed by atoms with van der Waals surface area (Å²) in [5, 5.41) is 0. The van der Waals surface area contributed by atoms with Crippen molar-refractivity contribution in [2.24, 2.45) is 0 Å². The summed E-state index contributed by atoms with van der Waals surface area (Å²) in [6.45, 7) is 8.46. The molecule has 0 spiro atoms. The molecule has 2 rings (SSSR count). The number of carbonyl (C=O) groups excluding carboxylic acids is 1. The van der Waals surface area contributed by atoms with Gasteiger partial charge in [0.25, 0.3) is 0 Å². The van der Waals surface area contributed by atoms with Crippen LogP contribution in [0.25, 0.3) is 0 Å². The molecule has 1 aromatic heterocycles. The summed E-state index contributed by atoms with van der Waals surface area (Å²) in [6.07, 6.45) is 3.75. The fraction of sp³-hybridized carbons (Fsp3) is 0.471. The molecule has 1 atom stereocenters. The van der Waals surface area contributed by atoms with Gasteiger partial charge in [0.2, 0.25) is 0 Å². The molecule has 0 aliphatic heterocycles. The molecule has 0 radical (unpaired) electrons. The van der Waals surface area contributed by atoms with Gasteiger partial charge in [0, 0.05) is 18.8 Å². The minimum atomic E-state index is 0.184. The first-order valence-electron chi connectivity index (χ1n) is 6.87. The number of hydrogen-bond donors (Lipinski definition) is 0. The Kier molecular flexibility index (Phi) is 4.08. The molecule has 0 unspecified atom stereocenters. The Balaban J connectivity index is 2.43. The van der Waals surface area contributed by atoms with Crippen molar-refractivity contribution in [1.29, 1.82) is 0 Å². The summed E-state index contributed by atoms with van der Waals surface area (Å²) < 4.78 is 5.51. The number of furan rings is 1. The molecule has 2 nitrogen and oxygen atoms in total. The van der Waals surface area contributed by atoms with Crippen LogP contribution in [0.2, 0.25) is 0 Å². The third kappa shape index (κ3) is 3.06. The summed E-state index contributed by atoms with van der Waals surface area (Å²) in [4.78, 5) is 12.2. The Morgan fingerprint density at radius 3 is 2.32 bits per heavy atom. The summed E-state index contributed by atoms with van der Waals surface area (Å²) in [5.41, 5.74) is 5.14. The molecule has 1 aliphatic carbocycles. The minimum Gasteiger partial charge on any atom is -0.469 e. The van der Waals surface area contributed by atoms with Gasteiger partial charge in [-0.25, -0.2) is 0 Å². The van der Waals surface area contributed by atoms with Gasteiger partial charge in [-0.05, 0) is 57.4 Å². The predicted octanol–water partition coefficient (Wildman–Crippen LogP) is 4.79.